The first-order valence-electron chi connectivity index (χ1n) is 10.9. The summed E-state index contributed by atoms with van der Waals surface area (Å²) in [6.45, 7) is 3.10. The Bertz CT molecular complexity index is 246. The number of aliphatic hydroxyl groups excluding tert-OH is 3. The summed E-state index contributed by atoms with van der Waals surface area (Å²) in [5.41, 5.74) is 0. The van der Waals surface area contributed by atoms with Crippen LogP contribution in [-0.2, 0) is 0 Å². The molecule has 3 N–H and O–H groups in total. The second-order valence-electron chi connectivity index (χ2n) is 7.65. The van der Waals surface area contributed by atoms with Gasteiger partial charge in [0.2, 0.25) is 0 Å². The van der Waals surface area contributed by atoms with Crippen molar-refractivity contribution in [2.75, 3.05) is 44.5 Å². The Hall–Kier alpha value is 0.790. The largest absolute Gasteiger partial charge is 1.00 e. The maximum absolute atomic E-state index is 9.25. The van der Waals surface area contributed by atoms with Crippen molar-refractivity contribution >= 4 is 7.26 Å². The molecule has 26 heavy (non-hydrogen) atoms. The molecule has 0 unspecified atom stereocenters. The topological polar surface area (TPSA) is 60.7 Å². The summed E-state index contributed by atoms with van der Waals surface area (Å²) >= 11 is 0. The SMILES string of the molecule is CCCCCCCCCCCC[P+](CCCO)(CCCO)CCCO.[Br-]. The smallest absolute Gasteiger partial charge is 0.0616 e. The third-order valence-corrected chi connectivity index (χ3v) is 10.4. The molecule has 0 fully saturated rings. The van der Waals surface area contributed by atoms with E-state index in [2.05, 4.69) is 6.92 Å². The van der Waals surface area contributed by atoms with Crippen LogP contribution in [0.2, 0.25) is 0 Å². The highest BCUT2D eigenvalue weighted by molar-refractivity contribution is 7.75. The van der Waals surface area contributed by atoms with E-state index in [1.807, 2.05) is 0 Å². The quantitative estimate of drug-likeness (QED) is 0.194. The maximum atomic E-state index is 9.25. The predicted molar refractivity (Wildman–Crippen MR) is 113 cm³/mol. The Labute approximate surface area is 174 Å². The van der Waals surface area contributed by atoms with Crippen molar-refractivity contribution in [1.82, 2.24) is 0 Å². The van der Waals surface area contributed by atoms with Crippen LogP contribution in [0.3, 0.4) is 0 Å². The molecule has 0 spiro atoms. The summed E-state index contributed by atoms with van der Waals surface area (Å²) < 4.78 is 0. The van der Waals surface area contributed by atoms with Gasteiger partial charge in [0.05, 0.1) is 24.6 Å². The van der Waals surface area contributed by atoms with Crippen LogP contribution in [0, 0.1) is 0 Å². The molecule has 0 aromatic rings. The van der Waals surface area contributed by atoms with Gasteiger partial charge in [-0.2, -0.15) is 0 Å². The first-order valence-corrected chi connectivity index (χ1v) is 13.5. The average molecular weight is 457 g/mol. The van der Waals surface area contributed by atoms with Crippen LogP contribution >= 0.6 is 7.26 Å². The zero-order chi connectivity index (χ0) is 18.6. The fraction of sp³-hybridized carbons (Fsp3) is 1.00. The van der Waals surface area contributed by atoms with Gasteiger partial charge < -0.3 is 32.3 Å². The fourth-order valence-electron chi connectivity index (χ4n) is 3.82. The highest BCUT2D eigenvalue weighted by Crippen LogP contribution is 2.60. The van der Waals surface area contributed by atoms with Gasteiger partial charge in [0, 0.05) is 46.3 Å². The molecular weight excluding hydrogens is 411 g/mol. The minimum absolute atomic E-state index is 0. The van der Waals surface area contributed by atoms with Crippen molar-refractivity contribution in [2.24, 2.45) is 0 Å². The van der Waals surface area contributed by atoms with Gasteiger partial charge in [-0.3, -0.25) is 0 Å². The number of unbranched alkanes of at least 4 members (excludes halogenated alkanes) is 9. The number of rotatable bonds is 20. The van der Waals surface area contributed by atoms with E-state index in [0.29, 0.717) is 0 Å². The van der Waals surface area contributed by atoms with Crippen LogP contribution in [0.25, 0.3) is 0 Å². The number of hydrogen-bond donors (Lipinski definition) is 3. The molecule has 0 radical (unpaired) electrons. The van der Waals surface area contributed by atoms with Crippen molar-refractivity contribution in [1.29, 1.82) is 0 Å². The molecule has 5 heteroatoms. The minimum Gasteiger partial charge on any atom is -1.00 e. The maximum Gasteiger partial charge on any atom is 0.0616 e. The lowest BCUT2D eigenvalue weighted by molar-refractivity contribution is -0.00000876. The first-order chi connectivity index (χ1) is 12.2. The second-order valence-corrected chi connectivity index (χ2v) is 12.1. The van der Waals surface area contributed by atoms with E-state index in [1.165, 1.54) is 70.4 Å². The summed E-state index contributed by atoms with van der Waals surface area (Å²) in [4.78, 5) is 0. The summed E-state index contributed by atoms with van der Waals surface area (Å²) in [6.07, 6.45) is 21.1. The fourth-order valence-corrected chi connectivity index (χ4v) is 8.50. The van der Waals surface area contributed by atoms with Crippen molar-refractivity contribution < 1.29 is 32.3 Å². The molecule has 0 saturated carbocycles. The van der Waals surface area contributed by atoms with E-state index in [-0.39, 0.29) is 36.8 Å². The van der Waals surface area contributed by atoms with Crippen LogP contribution < -0.4 is 17.0 Å². The molecule has 0 aliphatic heterocycles. The van der Waals surface area contributed by atoms with Crippen LogP contribution in [0.4, 0.5) is 0 Å². The number of halogens is 1. The molecule has 0 bridgehead atoms. The first kappa shape index (κ1) is 29.0. The van der Waals surface area contributed by atoms with E-state index in [9.17, 15) is 15.3 Å². The average Bonchev–Trinajstić information content (AvgIpc) is 2.64. The van der Waals surface area contributed by atoms with Gasteiger partial charge in [-0.1, -0.05) is 58.3 Å². The van der Waals surface area contributed by atoms with E-state index in [4.69, 9.17) is 0 Å². The molecule has 0 aromatic carbocycles. The van der Waals surface area contributed by atoms with Gasteiger partial charge in [-0.15, -0.1) is 0 Å². The van der Waals surface area contributed by atoms with Gasteiger partial charge in [0.1, 0.15) is 0 Å². The lowest BCUT2D eigenvalue weighted by atomic mass is 10.1. The summed E-state index contributed by atoms with van der Waals surface area (Å²) in [5.74, 6) is 0. The van der Waals surface area contributed by atoms with Crippen molar-refractivity contribution in [2.45, 2.75) is 90.4 Å². The summed E-state index contributed by atoms with van der Waals surface area (Å²) in [5, 5.41) is 27.7. The van der Waals surface area contributed by atoms with E-state index in [1.54, 1.807) is 0 Å². The zero-order valence-electron chi connectivity index (χ0n) is 17.3. The highest BCUT2D eigenvalue weighted by atomic mass is 79.9. The molecule has 0 aliphatic rings. The Morgan fingerprint density at radius 3 is 1.12 bits per heavy atom. The molecule has 0 aliphatic carbocycles. The number of aliphatic hydroxyl groups is 3. The lowest BCUT2D eigenvalue weighted by Gasteiger charge is -2.27. The third kappa shape index (κ3) is 16.9. The molecule has 160 valence electrons. The van der Waals surface area contributed by atoms with Crippen LogP contribution in [0.1, 0.15) is 90.4 Å². The third-order valence-electron chi connectivity index (χ3n) is 5.36. The van der Waals surface area contributed by atoms with E-state index < -0.39 is 7.26 Å². The molecule has 0 heterocycles. The minimum atomic E-state index is -1.10. The standard InChI is InChI=1S/C21H46O3P.BrH/c1-2-3-4-5-6-7-8-9-10-11-18-25(19-12-15-22,20-13-16-23)21-14-17-24;/h22-24H,2-21H2,1H3;1H/q+1;/p-1. The predicted octanol–water partition coefficient (Wildman–Crippen LogP) is 2.08. The second kappa shape index (κ2) is 22.1. The Morgan fingerprint density at radius 2 is 0.769 bits per heavy atom. The van der Waals surface area contributed by atoms with Gasteiger partial charge in [0.15, 0.2) is 0 Å². The van der Waals surface area contributed by atoms with Crippen LogP contribution in [0.15, 0.2) is 0 Å². The summed E-state index contributed by atoms with van der Waals surface area (Å²) in [7, 11) is -1.10. The monoisotopic (exact) mass is 456 g/mol. The Morgan fingerprint density at radius 1 is 0.462 bits per heavy atom. The Balaban J connectivity index is 0. The van der Waals surface area contributed by atoms with E-state index in [0.717, 1.165) is 37.7 Å². The highest BCUT2D eigenvalue weighted by Gasteiger charge is 2.34. The Kier molecular flexibility index (Phi) is 24.6. The van der Waals surface area contributed by atoms with Crippen molar-refractivity contribution in [3.8, 4) is 0 Å². The molecule has 0 amide bonds. The molecule has 0 atom stereocenters. The van der Waals surface area contributed by atoms with Gasteiger partial charge >= 0.3 is 0 Å². The number of hydrogen-bond acceptors (Lipinski definition) is 3. The van der Waals surface area contributed by atoms with Gasteiger partial charge in [-0.25, -0.2) is 0 Å². The van der Waals surface area contributed by atoms with Crippen LogP contribution in [-0.4, -0.2) is 59.8 Å². The van der Waals surface area contributed by atoms with E-state index >= 15 is 0 Å². The molecule has 0 aromatic heterocycles. The molecule has 0 saturated heterocycles. The lowest BCUT2D eigenvalue weighted by Crippen LogP contribution is -3.00. The van der Waals surface area contributed by atoms with Crippen molar-refractivity contribution in [3.05, 3.63) is 0 Å². The molecular formula is C21H46BrO3P. The van der Waals surface area contributed by atoms with Gasteiger partial charge in [0.25, 0.3) is 0 Å². The summed E-state index contributed by atoms with van der Waals surface area (Å²) in [6, 6.07) is 0. The normalized spacial score (nSPS) is 11.5. The van der Waals surface area contributed by atoms with Crippen molar-refractivity contribution in [3.63, 3.8) is 0 Å². The molecule has 0 rings (SSSR count). The van der Waals surface area contributed by atoms with Gasteiger partial charge in [-0.05, 0) is 12.8 Å². The van der Waals surface area contributed by atoms with Crippen LogP contribution in [0.5, 0.6) is 0 Å². The zero-order valence-corrected chi connectivity index (χ0v) is 19.8. The molecule has 3 nitrogen and oxygen atoms in total.